The molecule has 0 spiro atoms. The molecule has 0 rings (SSSR count). The number of carboxylic acids is 1. The van der Waals surface area contributed by atoms with Crippen LogP contribution >= 0.6 is 0 Å². The molecule has 29 heavy (non-hydrogen) atoms. The summed E-state index contributed by atoms with van der Waals surface area (Å²) in [5.74, 6) is -0.925. The molecule has 0 radical (unpaired) electrons. The summed E-state index contributed by atoms with van der Waals surface area (Å²) in [6.45, 7) is 21.6. The monoisotopic (exact) mass is 413 g/mol. The number of carbonyl (C=O) groups is 1. The fraction of sp³-hybridized carbons (Fsp3) is 0.962. The molecule has 0 aliphatic heterocycles. The molecule has 0 unspecified atom stereocenters. The van der Waals surface area contributed by atoms with Crippen LogP contribution in [0.5, 0.6) is 0 Å². The molecule has 0 atom stereocenters. The van der Waals surface area contributed by atoms with Crippen LogP contribution in [-0.4, -0.2) is 36.6 Å². The van der Waals surface area contributed by atoms with Gasteiger partial charge < -0.3 is 14.4 Å². The number of unbranched alkanes of at least 4 members (excludes halogenated alkanes) is 6. The van der Waals surface area contributed by atoms with Crippen molar-refractivity contribution in [2.24, 2.45) is 5.41 Å². The van der Waals surface area contributed by atoms with E-state index in [-0.39, 0.29) is 6.42 Å². The van der Waals surface area contributed by atoms with E-state index in [9.17, 15) is 9.90 Å². The summed E-state index contributed by atoms with van der Waals surface area (Å²) >= 11 is 0. The first-order chi connectivity index (χ1) is 13.7. The lowest BCUT2D eigenvalue weighted by atomic mass is 9.89. The maximum Gasteiger partial charge on any atom is 0.0786 e. The van der Waals surface area contributed by atoms with Crippen molar-refractivity contribution in [2.75, 3.05) is 26.2 Å². The average Bonchev–Trinajstić information content (AvgIpc) is 2.66. The Morgan fingerprint density at radius 3 is 1.31 bits per heavy atom. The Bertz CT molecular complexity index is 323. The smallest absolute Gasteiger partial charge is 0.0786 e. The summed E-state index contributed by atoms with van der Waals surface area (Å²) in [5, 5.41) is 10.0. The highest BCUT2D eigenvalue weighted by Crippen LogP contribution is 2.22. The third kappa shape index (κ3) is 21.9. The second-order valence-corrected chi connectivity index (χ2v) is 10.1. The van der Waals surface area contributed by atoms with Gasteiger partial charge in [-0.2, -0.15) is 0 Å². The van der Waals surface area contributed by atoms with E-state index >= 15 is 0 Å². The lowest BCUT2D eigenvalue weighted by Crippen LogP contribution is -2.50. The van der Waals surface area contributed by atoms with Gasteiger partial charge in [-0.3, -0.25) is 0 Å². The molecule has 0 amide bonds. The SMILES string of the molecule is CC(C)(C)CCCCCC(=O)[O-].CCCC[N+](CCCC)(CCCC)CCCC. The summed E-state index contributed by atoms with van der Waals surface area (Å²) < 4.78 is 1.42. The first-order valence-corrected chi connectivity index (χ1v) is 12.7. The third-order valence-corrected chi connectivity index (χ3v) is 5.75. The van der Waals surface area contributed by atoms with Gasteiger partial charge in [0.15, 0.2) is 0 Å². The number of carboxylic acid groups (broad SMARTS) is 1. The summed E-state index contributed by atoms with van der Waals surface area (Å²) in [6, 6.07) is 0. The maximum atomic E-state index is 10.0. The highest BCUT2D eigenvalue weighted by molar-refractivity contribution is 5.63. The van der Waals surface area contributed by atoms with Crippen LogP contribution < -0.4 is 5.11 Å². The van der Waals surface area contributed by atoms with Crippen molar-refractivity contribution in [1.29, 1.82) is 0 Å². The van der Waals surface area contributed by atoms with Gasteiger partial charge in [-0.25, -0.2) is 0 Å². The number of carbonyl (C=O) groups excluding carboxylic acids is 1. The van der Waals surface area contributed by atoms with Gasteiger partial charge in [-0.1, -0.05) is 87.0 Å². The van der Waals surface area contributed by atoms with Gasteiger partial charge in [-0.05, 0) is 50.4 Å². The first kappa shape index (κ1) is 30.6. The van der Waals surface area contributed by atoms with Gasteiger partial charge in [0, 0.05) is 5.97 Å². The molecule has 0 aromatic heterocycles. The van der Waals surface area contributed by atoms with Crippen molar-refractivity contribution in [3.05, 3.63) is 0 Å². The minimum Gasteiger partial charge on any atom is -0.550 e. The van der Waals surface area contributed by atoms with Crippen LogP contribution in [0.4, 0.5) is 0 Å². The molecule has 0 aliphatic rings. The zero-order valence-corrected chi connectivity index (χ0v) is 21.3. The number of rotatable bonds is 17. The van der Waals surface area contributed by atoms with Crippen LogP contribution in [0.3, 0.4) is 0 Å². The molecular formula is C26H55NO2. The van der Waals surface area contributed by atoms with Gasteiger partial charge in [0.25, 0.3) is 0 Å². The van der Waals surface area contributed by atoms with Gasteiger partial charge in [-0.15, -0.1) is 0 Å². The van der Waals surface area contributed by atoms with E-state index in [1.807, 2.05) is 0 Å². The molecule has 0 fully saturated rings. The first-order valence-electron chi connectivity index (χ1n) is 12.7. The highest BCUT2D eigenvalue weighted by atomic mass is 16.4. The van der Waals surface area contributed by atoms with Crippen LogP contribution in [0.2, 0.25) is 0 Å². The Morgan fingerprint density at radius 1 is 0.655 bits per heavy atom. The number of hydrogen-bond acceptors (Lipinski definition) is 2. The Hall–Kier alpha value is -0.570. The van der Waals surface area contributed by atoms with E-state index in [2.05, 4.69) is 48.5 Å². The van der Waals surface area contributed by atoms with Gasteiger partial charge in [0.1, 0.15) is 0 Å². The summed E-state index contributed by atoms with van der Waals surface area (Å²) in [7, 11) is 0. The van der Waals surface area contributed by atoms with Crippen molar-refractivity contribution in [2.45, 2.75) is 132 Å². The predicted octanol–water partition coefficient (Wildman–Crippen LogP) is 6.74. The van der Waals surface area contributed by atoms with E-state index in [4.69, 9.17) is 0 Å². The maximum absolute atomic E-state index is 10.0. The average molecular weight is 414 g/mol. The lowest BCUT2D eigenvalue weighted by molar-refractivity contribution is -0.929. The summed E-state index contributed by atoms with van der Waals surface area (Å²) in [6.07, 6.45) is 15.3. The Labute approximate surface area is 184 Å². The molecule has 0 aliphatic carbocycles. The largest absolute Gasteiger partial charge is 0.550 e. The molecule has 0 aromatic rings. The molecule has 0 heterocycles. The van der Waals surface area contributed by atoms with Crippen LogP contribution in [0.15, 0.2) is 0 Å². The van der Waals surface area contributed by atoms with Crippen molar-refractivity contribution in [3.63, 3.8) is 0 Å². The second kappa shape index (κ2) is 19.4. The normalized spacial score (nSPS) is 11.8. The van der Waals surface area contributed by atoms with Gasteiger partial charge in [0.2, 0.25) is 0 Å². The minimum atomic E-state index is -0.925. The van der Waals surface area contributed by atoms with E-state index in [0.29, 0.717) is 5.41 Å². The van der Waals surface area contributed by atoms with Crippen LogP contribution in [-0.2, 0) is 4.79 Å². The number of quaternary nitrogens is 1. The quantitative estimate of drug-likeness (QED) is 0.196. The lowest BCUT2D eigenvalue weighted by Gasteiger charge is -2.39. The van der Waals surface area contributed by atoms with Crippen molar-refractivity contribution < 1.29 is 14.4 Å². The Kier molecular flexibility index (Phi) is 20.5. The molecule has 0 N–H and O–H groups in total. The van der Waals surface area contributed by atoms with Crippen LogP contribution in [0, 0.1) is 5.41 Å². The molecule has 3 nitrogen and oxygen atoms in total. The number of nitrogens with zero attached hydrogens (tertiary/aromatic N) is 1. The van der Waals surface area contributed by atoms with Gasteiger partial charge in [0.05, 0.1) is 26.2 Å². The topological polar surface area (TPSA) is 40.1 Å². The zero-order chi connectivity index (χ0) is 22.6. The summed E-state index contributed by atoms with van der Waals surface area (Å²) in [4.78, 5) is 10.0. The van der Waals surface area contributed by atoms with Crippen LogP contribution in [0.25, 0.3) is 0 Å². The van der Waals surface area contributed by atoms with Crippen molar-refractivity contribution in [3.8, 4) is 0 Å². The fourth-order valence-electron chi connectivity index (χ4n) is 3.75. The highest BCUT2D eigenvalue weighted by Gasteiger charge is 2.24. The third-order valence-electron chi connectivity index (χ3n) is 5.75. The second-order valence-electron chi connectivity index (χ2n) is 10.1. The van der Waals surface area contributed by atoms with Gasteiger partial charge >= 0.3 is 0 Å². The van der Waals surface area contributed by atoms with Crippen molar-refractivity contribution >= 4 is 5.97 Å². The molecular weight excluding hydrogens is 358 g/mol. The Balaban J connectivity index is 0. The van der Waals surface area contributed by atoms with Crippen molar-refractivity contribution in [1.82, 2.24) is 0 Å². The molecule has 0 saturated heterocycles. The fourth-order valence-corrected chi connectivity index (χ4v) is 3.75. The predicted molar refractivity (Wildman–Crippen MR) is 127 cm³/mol. The van der Waals surface area contributed by atoms with E-state index in [1.54, 1.807) is 0 Å². The molecule has 176 valence electrons. The molecule has 3 heteroatoms. The molecule has 0 saturated carbocycles. The van der Waals surface area contributed by atoms with Crippen LogP contribution in [0.1, 0.15) is 132 Å². The van der Waals surface area contributed by atoms with E-state index < -0.39 is 5.97 Å². The van der Waals surface area contributed by atoms with E-state index in [0.717, 1.165) is 19.3 Å². The number of hydrogen-bond donors (Lipinski definition) is 0. The standard InChI is InChI=1S/C16H36N.C10H20O2/c1-5-9-13-17(14-10-6-2,15-11-7-3)16-12-8-4;1-10(2,3)8-6-4-5-7-9(11)12/h5-16H2,1-4H3;4-8H2,1-3H3,(H,11,12)/q+1;/p-1. The molecule has 0 aromatic carbocycles. The molecule has 0 bridgehead atoms. The zero-order valence-electron chi connectivity index (χ0n) is 21.3. The number of aliphatic carboxylic acids is 1. The van der Waals surface area contributed by atoms with E-state index in [1.165, 1.54) is 88.4 Å². The Morgan fingerprint density at radius 2 is 1.03 bits per heavy atom. The minimum absolute atomic E-state index is 0.212. The summed E-state index contributed by atoms with van der Waals surface area (Å²) in [5.41, 5.74) is 0.376.